The van der Waals surface area contributed by atoms with Crippen LogP contribution in [0.2, 0.25) is 0 Å². The molecule has 1 fully saturated rings. The second kappa shape index (κ2) is 6.64. The fourth-order valence-corrected chi connectivity index (χ4v) is 2.86. The lowest BCUT2D eigenvalue weighted by atomic mass is 9.96. The zero-order valence-corrected chi connectivity index (χ0v) is 12.8. The largest absolute Gasteiger partial charge is 0.465 e. The molecule has 0 bridgehead atoms. The van der Waals surface area contributed by atoms with Gasteiger partial charge in [-0.05, 0) is 43.9 Å². The maximum absolute atomic E-state index is 12.2. The first-order valence-electron chi connectivity index (χ1n) is 7.70. The van der Waals surface area contributed by atoms with Crippen LogP contribution < -0.4 is 0 Å². The fourth-order valence-electron chi connectivity index (χ4n) is 2.86. The molecule has 0 N–H and O–H groups in total. The maximum atomic E-state index is 12.2. The Morgan fingerprint density at radius 1 is 1.45 bits per heavy atom. The van der Waals surface area contributed by atoms with E-state index in [4.69, 9.17) is 4.42 Å². The van der Waals surface area contributed by atoms with Gasteiger partial charge in [0.1, 0.15) is 11.6 Å². The van der Waals surface area contributed by atoms with Crippen LogP contribution in [0.25, 0.3) is 6.08 Å². The van der Waals surface area contributed by atoms with E-state index in [1.54, 1.807) is 18.4 Å². The third-order valence-corrected chi connectivity index (χ3v) is 4.24. The Morgan fingerprint density at radius 3 is 2.91 bits per heavy atom. The maximum Gasteiger partial charge on any atom is 0.246 e. The number of aromatic nitrogens is 2. The van der Waals surface area contributed by atoms with Crippen LogP contribution in [0.3, 0.4) is 0 Å². The standard InChI is InChI=1S/C17H21N3O2/c1-14-18-8-11-20(14)13-15-6-9-19(10-7-15)17(21)5-4-16-3-2-12-22-16/h2-5,8,11-12,15H,6-7,9-10,13H2,1H3. The summed E-state index contributed by atoms with van der Waals surface area (Å²) in [6, 6.07) is 3.65. The van der Waals surface area contributed by atoms with Crippen LogP contribution in [-0.2, 0) is 11.3 Å². The number of hydrogen-bond donors (Lipinski definition) is 0. The van der Waals surface area contributed by atoms with E-state index in [0.717, 1.165) is 38.3 Å². The Kier molecular flexibility index (Phi) is 4.42. The molecule has 1 aliphatic heterocycles. The van der Waals surface area contributed by atoms with Gasteiger partial charge >= 0.3 is 0 Å². The summed E-state index contributed by atoms with van der Waals surface area (Å²) < 4.78 is 7.39. The number of piperidine rings is 1. The molecule has 0 unspecified atom stereocenters. The molecular weight excluding hydrogens is 278 g/mol. The minimum atomic E-state index is 0.0636. The average molecular weight is 299 g/mol. The van der Waals surface area contributed by atoms with Gasteiger partial charge in [-0.2, -0.15) is 0 Å². The molecule has 0 saturated carbocycles. The molecule has 0 aliphatic carbocycles. The highest BCUT2D eigenvalue weighted by atomic mass is 16.3. The van der Waals surface area contributed by atoms with Crippen LogP contribution in [0.1, 0.15) is 24.4 Å². The zero-order chi connectivity index (χ0) is 15.4. The van der Waals surface area contributed by atoms with E-state index in [1.165, 1.54) is 0 Å². The minimum Gasteiger partial charge on any atom is -0.465 e. The second-order valence-electron chi connectivity index (χ2n) is 5.74. The van der Waals surface area contributed by atoms with E-state index in [1.807, 2.05) is 36.4 Å². The highest BCUT2D eigenvalue weighted by Gasteiger charge is 2.22. The summed E-state index contributed by atoms with van der Waals surface area (Å²) in [6.07, 6.45) is 10.9. The Bertz CT molecular complexity index is 635. The van der Waals surface area contributed by atoms with Crippen molar-refractivity contribution in [2.24, 2.45) is 5.92 Å². The molecule has 2 aromatic heterocycles. The molecule has 3 rings (SSSR count). The molecule has 0 radical (unpaired) electrons. The molecule has 5 heteroatoms. The quantitative estimate of drug-likeness (QED) is 0.816. The van der Waals surface area contributed by atoms with E-state index in [2.05, 4.69) is 9.55 Å². The van der Waals surface area contributed by atoms with Gasteiger partial charge in [0.05, 0.1) is 6.26 Å². The van der Waals surface area contributed by atoms with Crippen LogP contribution in [0.5, 0.6) is 0 Å². The van der Waals surface area contributed by atoms with Crippen molar-refractivity contribution in [3.8, 4) is 0 Å². The predicted octanol–water partition coefficient (Wildman–Crippen LogP) is 2.74. The van der Waals surface area contributed by atoms with Crippen molar-refractivity contribution < 1.29 is 9.21 Å². The van der Waals surface area contributed by atoms with Crippen molar-refractivity contribution in [3.63, 3.8) is 0 Å². The zero-order valence-electron chi connectivity index (χ0n) is 12.8. The van der Waals surface area contributed by atoms with E-state index in [9.17, 15) is 4.79 Å². The molecule has 1 saturated heterocycles. The molecule has 0 spiro atoms. The summed E-state index contributed by atoms with van der Waals surface area (Å²) in [5, 5.41) is 0. The van der Waals surface area contributed by atoms with Crippen molar-refractivity contribution in [1.29, 1.82) is 0 Å². The number of likely N-dealkylation sites (tertiary alicyclic amines) is 1. The van der Waals surface area contributed by atoms with Crippen molar-refractivity contribution in [2.75, 3.05) is 13.1 Å². The first-order valence-corrected chi connectivity index (χ1v) is 7.70. The number of hydrogen-bond acceptors (Lipinski definition) is 3. The number of carbonyl (C=O) groups is 1. The first-order chi connectivity index (χ1) is 10.7. The molecule has 22 heavy (non-hydrogen) atoms. The number of amides is 1. The number of carbonyl (C=O) groups excluding carboxylic acids is 1. The number of aryl methyl sites for hydroxylation is 1. The summed E-state index contributed by atoms with van der Waals surface area (Å²) in [5.41, 5.74) is 0. The molecule has 1 amide bonds. The summed E-state index contributed by atoms with van der Waals surface area (Å²) in [5.74, 6) is 2.44. The normalized spacial score (nSPS) is 16.5. The van der Waals surface area contributed by atoms with E-state index in [0.29, 0.717) is 11.7 Å². The predicted molar refractivity (Wildman–Crippen MR) is 84.0 cm³/mol. The lowest BCUT2D eigenvalue weighted by Crippen LogP contribution is -2.38. The van der Waals surface area contributed by atoms with Crippen molar-refractivity contribution in [3.05, 3.63) is 48.5 Å². The molecule has 0 aromatic carbocycles. The van der Waals surface area contributed by atoms with Crippen LogP contribution in [0.15, 0.2) is 41.3 Å². The number of imidazole rings is 1. The molecule has 0 atom stereocenters. The fraction of sp³-hybridized carbons (Fsp3) is 0.412. The summed E-state index contributed by atoms with van der Waals surface area (Å²) in [7, 11) is 0. The highest BCUT2D eigenvalue weighted by molar-refractivity contribution is 5.91. The number of furan rings is 1. The lowest BCUT2D eigenvalue weighted by Gasteiger charge is -2.31. The van der Waals surface area contributed by atoms with E-state index >= 15 is 0 Å². The highest BCUT2D eigenvalue weighted by Crippen LogP contribution is 2.20. The molecule has 116 valence electrons. The average Bonchev–Trinajstić information content (AvgIpc) is 3.18. The van der Waals surface area contributed by atoms with E-state index < -0.39 is 0 Å². The Morgan fingerprint density at radius 2 is 2.27 bits per heavy atom. The van der Waals surface area contributed by atoms with Crippen molar-refractivity contribution >= 4 is 12.0 Å². The Labute approximate surface area is 130 Å². The van der Waals surface area contributed by atoms with Gasteiger partial charge in [0.15, 0.2) is 0 Å². The van der Waals surface area contributed by atoms with Gasteiger partial charge in [0.25, 0.3) is 0 Å². The minimum absolute atomic E-state index is 0.0636. The van der Waals surface area contributed by atoms with Crippen LogP contribution >= 0.6 is 0 Å². The smallest absolute Gasteiger partial charge is 0.246 e. The first kappa shape index (κ1) is 14.6. The second-order valence-corrected chi connectivity index (χ2v) is 5.74. The summed E-state index contributed by atoms with van der Waals surface area (Å²) in [6.45, 7) is 4.66. The van der Waals surface area contributed by atoms with Crippen molar-refractivity contribution in [1.82, 2.24) is 14.5 Å². The van der Waals surface area contributed by atoms with Gasteiger partial charge in [-0.1, -0.05) is 0 Å². The van der Waals surface area contributed by atoms with Gasteiger partial charge in [-0.3, -0.25) is 4.79 Å². The Hall–Kier alpha value is -2.30. The lowest BCUT2D eigenvalue weighted by molar-refractivity contribution is -0.127. The summed E-state index contributed by atoms with van der Waals surface area (Å²) in [4.78, 5) is 18.3. The number of nitrogens with zero attached hydrogens (tertiary/aromatic N) is 3. The van der Waals surface area contributed by atoms with Crippen molar-refractivity contribution in [2.45, 2.75) is 26.3 Å². The topological polar surface area (TPSA) is 51.3 Å². The Balaban J connectivity index is 1.49. The molecule has 5 nitrogen and oxygen atoms in total. The monoisotopic (exact) mass is 299 g/mol. The van der Waals surface area contributed by atoms with Gasteiger partial charge in [-0.15, -0.1) is 0 Å². The van der Waals surface area contributed by atoms with Gasteiger partial charge in [0.2, 0.25) is 5.91 Å². The third kappa shape index (κ3) is 3.47. The van der Waals surface area contributed by atoms with Crippen LogP contribution in [0.4, 0.5) is 0 Å². The van der Waals surface area contributed by atoms with Crippen LogP contribution in [0, 0.1) is 12.8 Å². The molecular formula is C17H21N3O2. The number of rotatable bonds is 4. The van der Waals surface area contributed by atoms with Gasteiger partial charge < -0.3 is 13.9 Å². The molecule has 2 aromatic rings. The molecule has 1 aliphatic rings. The van der Waals surface area contributed by atoms with Gasteiger partial charge in [-0.25, -0.2) is 4.98 Å². The summed E-state index contributed by atoms with van der Waals surface area (Å²) >= 11 is 0. The van der Waals surface area contributed by atoms with Gasteiger partial charge in [0, 0.05) is 38.1 Å². The van der Waals surface area contributed by atoms with E-state index in [-0.39, 0.29) is 5.91 Å². The van der Waals surface area contributed by atoms with Crippen LogP contribution in [-0.4, -0.2) is 33.4 Å². The third-order valence-electron chi connectivity index (χ3n) is 4.24. The molecule has 3 heterocycles. The SMILES string of the molecule is Cc1nccn1CC1CCN(C(=O)C=Cc2ccco2)CC1.